The molecule has 1 amide bonds. The summed E-state index contributed by atoms with van der Waals surface area (Å²) in [6.07, 6.45) is 1.84. The number of nitrogen functional groups attached to an aromatic ring is 1. The molecule has 1 heterocycles. The number of nitrogens with one attached hydrogen (secondary N) is 1. The number of thioether (sulfide) groups is 1. The number of hydrogen-bond donors (Lipinski definition) is 2. The lowest BCUT2D eigenvalue weighted by atomic mass is 10.2. The molecule has 0 unspecified atom stereocenters. The summed E-state index contributed by atoms with van der Waals surface area (Å²) in [4.78, 5) is 15.8. The van der Waals surface area contributed by atoms with Crippen LogP contribution in [0.25, 0.3) is 0 Å². The Hall–Kier alpha value is -2.02. The van der Waals surface area contributed by atoms with E-state index in [1.807, 2.05) is 6.92 Å². The number of halogens is 1. The smallest absolute Gasteiger partial charge is 0.255 e. The molecule has 0 bridgehead atoms. The first-order chi connectivity index (χ1) is 9.54. The Morgan fingerprint density at radius 1 is 1.55 bits per heavy atom. The van der Waals surface area contributed by atoms with E-state index < -0.39 is 5.82 Å². The number of carbonyl (C=O) groups excluding carboxylic acids is 1. The fraction of sp³-hybridized carbons (Fsp3) is 0.231. The first-order valence-electron chi connectivity index (χ1n) is 5.94. The van der Waals surface area contributed by atoms with Crippen molar-refractivity contribution in [2.45, 2.75) is 18.6 Å². The highest BCUT2D eigenvalue weighted by Gasteiger charge is 2.08. The predicted molar refractivity (Wildman–Crippen MR) is 76.0 cm³/mol. The second-order valence-electron chi connectivity index (χ2n) is 4.13. The number of amides is 1. The molecule has 7 heteroatoms. The Labute approximate surface area is 119 Å². The summed E-state index contributed by atoms with van der Waals surface area (Å²) in [7, 11) is 0. The predicted octanol–water partition coefficient (Wildman–Crippen LogP) is 2.83. The number of carbonyl (C=O) groups is 1. The van der Waals surface area contributed by atoms with E-state index in [2.05, 4.69) is 10.3 Å². The van der Waals surface area contributed by atoms with Crippen molar-refractivity contribution >= 4 is 29.0 Å². The summed E-state index contributed by atoms with van der Waals surface area (Å²) in [5.41, 5.74) is 7.02. The zero-order chi connectivity index (χ0) is 14.5. The number of aromatic nitrogens is 1. The molecule has 106 valence electrons. The number of nitrogens with two attached hydrogens (primary N) is 1. The second kappa shape index (κ2) is 6.42. The molecule has 0 saturated carbocycles. The van der Waals surface area contributed by atoms with Crippen molar-refractivity contribution in [3.63, 3.8) is 0 Å². The number of aryl methyl sites for hydroxylation is 1. The molecule has 0 atom stereocenters. The average Bonchev–Trinajstić information content (AvgIpc) is 2.79. The highest BCUT2D eigenvalue weighted by atomic mass is 32.2. The van der Waals surface area contributed by atoms with Crippen molar-refractivity contribution in [1.29, 1.82) is 0 Å². The normalized spacial score (nSPS) is 10.5. The maximum absolute atomic E-state index is 12.9. The molecule has 0 radical (unpaired) electrons. The van der Waals surface area contributed by atoms with Crippen molar-refractivity contribution in [3.8, 4) is 0 Å². The third kappa shape index (κ3) is 3.99. The minimum absolute atomic E-state index is 0.195. The van der Waals surface area contributed by atoms with E-state index >= 15 is 0 Å². The van der Waals surface area contributed by atoms with Gasteiger partial charge in [0.15, 0.2) is 0 Å². The Bertz CT molecular complexity index is 615. The minimum Gasteiger partial charge on any atom is -0.440 e. The van der Waals surface area contributed by atoms with Crippen molar-refractivity contribution in [2.75, 3.05) is 16.8 Å². The van der Waals surface area contributed by atoms with Gasteiger partial charge in [0, 0.05) is 12.2 Å². The molecule has 0 saturated heterocycles. The van der Waals surface area contributed by atoms with E-state index in [0.29, 0.717) is 16.7 Å². The molecule has 1 aromatic heterocycles. The number of rotatable bonds is 5. The first kappa shape index (κ1) is 14.4. The molecular weight excluding hydrogens is 281 g/mol. The maximum atomic E-state index is 12.9. The van der Waals surface area contributed by atoms with Gasteiger partial charge in [-0.3, -0.25) is 4.79 Å². The van der Waals surface area contributed by atoms with E-state index in [1.54, 1.807) is 6.26 Å². The topological polar surface area (TPSA) is 81.2 Å². The van der Waals surface area contributed by atoms with E-state index in [9.17, 15) is 9.18 Å². The molecule has 20 heavy (non-hydrogen) atoms. The Morgan fingerprint density at radius 2 is 2.35 bits per heavy atom. The van der Waals surface area contributed by atoms with E-state index in [0.717, 1.165) is 5.69 Å². The molecule has 0 spiro atoms. The van der Waals surface area contributed by atoms with Crippen LogP contribution in [-0.4, -0.2) is 16.6 Å². The third-order valence-corrected chi connectivity index (χ3v) is 3.28. The average molecular weight is 295 g/mol. The van der Waals surface area contributed by atoms with E-state index in [-0.39, 0.29) is 18.0 Å². The molecule has 0 aliphatic heterocycles. The first-order valence-corrected chi connectivity index (χ1v) is 6.93. The van der Waals surface area contributed by atoms with Crippen LogP contribution in [0.3, 0.4) is 0 Å². The van der Waals surface area contributed by atoms with Crippen molar-refractivity contribution < 1.29 is 13.6 Å². The number of anilines is 2. The highest BCUT2D eigenvalue weighted by molar-refractivity contribution is 7.99. The number of benzene rings is 1. The Morgan fingerprint density at radius 3 is 3.00 bits per heavy atom. The van der Waals surface area contributed by atoms with Gasteiger partial charge in [-0.2, -0.15) is 0 Å². The Kier molecular flexibility index (Phi) is 4.62. The van der Waals surface area contributed by atoms with Crippen LogP contribution >= 0.6 is 11.8 Å². The van der Waals surface area contributed by atoms with Crippen LogP contribution in [0.4, 0.5) is 15.8 Å². The maximum Gasteiger partial charge on any atom is 0.255 e. The van der Waals surface area contributed by atoms with Gasteiger partial charge in [-0.1, -0.05) is 11.8 Å². The van der Waals surface area contributed by atoms with Crippen LogP contribution in [0, 0.1) is 12.7 Å². The molecule has 5 nitrogen and oxygen atoms in total. The quantitative estimate of drug-likeness (QED) is 0.655. The fourth-order valence-electron chi connectivity index (χ4n) is 1.49. The Balaban J connectivity index is 1.80. The van der Waals surface area contributed by atoms with Gasteiger partial charge in [0.05, 0.1) is 17.1 Å². The second-order valence-corrected chi connectivity index (χ2v) is 5.18. The monoisotopic (exact) mass is 295 g/mol. The third-order valence-electron chi connectivity index (χ3n) is 2.44. The molecule has 0 fully saturated rings. The molecule has 2 aromatic rings. The molecule has 3 N–H and O–H groups in total. The van der Waals surface area contributed by atoms with Gasteiger partial charge in [0.1, 0.15) is 12.1 Å². The summed E-state index contributed by atoms with van der Waals surface area (Å²) < 4.78 is 18.0. The van der Waals surface area contributed by atoms with Gasteiger partial charge < -0.3 is 15.5 Å². The van der Waals surface area contributed by atoms with Gasteiger partial charge in [-0.05, 0) is 25.1 Å². The summed E-state index contributed by atoms with van der Waals surface area (Å²) >= 11 is 1.36. The largest absolute Gasteiger partial charge is 0.440 e. The minimum atomic E-state index is -0.435. The highest BCUT2D eigenvalue weighted by Crippen LogP contribution is 2.21. The van der Waals surface area contributed by atoms with Crippen molar-refractivity contribution in [1.82, 2.24) is 4.98 Å². The molecular formula is C13H14FN3O2S. The standard InChI is InChI=1S/C13H14FN3O2S/c1-8-7-19-13(16-8)20-5-4-12(18)17-11-3-2-9(14)6-10(11)15/h2-3,6-7H,4-5,15H2,1H3,(H,17,18). The van der Waals surface area contributed by atoms with Crippen molar-refractivity contribution in [3.05, 3.63) is 36.0 Å². The van der Waals surface area contributed by atoms with Crippen LogP contribution in [0.2, 0.25) is 0 Å². The number of hydrogen-bond acceptors (Lipinski definition) is 5. The van der Waals surface area contributed by atoms with Crippen LogP contribution < -0.4 is 11.1 Å². The van der Waals surface area contributed by atoms with Crippen molar-refractivity contribution in [2.24, 2.45) is 0 Å². The van der Waals surface area contributed by atoms with Gasteiger partial charge in [0.2, 0.25) is 5.91 Å². The van der Waals surface area contributed by atoms with Crippen LogP contribution in [0.15, 0.2) is 34.1 Å². The zero-order valence-electron chi connectivity index (χ0n) is 10.9. The lowest BCUT2D eigenvalue weighted by Crippen LogP contribution is -2.13. The van der Waals surface area contributed by atoms with Crippen LogP contribution in [-0.2, 0) is 4.79 Å². The summed E-state index contributed by atoms with van der Waals surface area (Å²) in [5, 5.41) is 3.17. The molecule has 0 aliphatic rings. The summed E-state index contributed by atoms with van der Waals surface area (Å²) in [6.45, 7) is 1.83. The van der Waals surface area contributed by atoms with Gasteiger partial charge >= 0.3 is 0 Å². The number of oxazole rings is 1. The molecule has 1 aromatic carbocycles. The summed E-state index contributed by atoms with van der Waals surface area (Å²) in [5.74, 6) is -0.0956. The SMILES string of the molecule is Cc1coc(SCCC(=O)Nc2ccc(F)cc2N)n1. The van der Waals surface area contributed by atoms with E-state index in [1.165, 1.54) is 30.0 Å². The van der Waals surface area contributed by atoms with Crippen LogP contribution in [0.1, 0.15) is 12.1 Å². The van der Waals surface area contributed by atoms with Gasteiger partial charge in [0.25, 0.3) is 5.22 Å². The number of nitrogens with zero attached hydrogens (tertiary/aromatic N) is 1. The molecule has 2 rings (SSSR count). The van der Waals surface area contributed by atoms with Crippen LogP contribution in [0.5, 0.6) is 0 Å². The van der Waals surface area contributed by atoms with Gasteiger partial charge in [-0.25, -0.2) is 9.37 Å². The fourth-order valence-corrected chi connectivity index (χ4v) is 2.28. The van der Waals surface area contributed by atoms with E-state index in [4.69, 9.17) is 10.2 Å². The van der Waals surface area contributed by atoms with Gasteiger partial charge in [-0.15, -0.1) is 0 Å². The molecule has 0 aliphatic carbocycles. The lowest BCUT2D eigenvalue weighted by Gasteiger charge is -2.07. The zero-order valence-corrected chi connectivity index (χ0v) is 11.7. The summed E-state index contributed by atoms with van der Waals surface area (Å²) in [6, 6.07) is 3.85. The lowest BCUT2D eigenvalue weighted by molar-refractivity contribution is -0.115.